The lowest BCUT2D eigenvalue weighted by atomic mass is 10.1. The van der Waals surface area contributed by atoms with Crippen molar-refractivity contribution in [3.8, 4) is 0 Å². The van der Waals surface area contributed by atoms with Gasteiger partial charge in [0.15, 0.2) is 0 Å². The molecule has 1 rings (SSSR count). The fraction of sp³-hybridized carbons (Fsp3) is 0.100. The zero-order valence-electron chi connectivity index (χ0n) is 7.05. The van der Waals surface area contributed by atoms with Crippen LogP contribution in [0.5, 0.6) is 0 Å². The molecular weight excluding hydrogens is 251 g/mol. The molecule has 0 aromatic heterocycles. The Bertz CT molecular complexity index is 340. The summed E-state index contributed by atoms with van der Waals surface area (Å²) in [5.41, 5.74) is 1.40. The smallest absolute Gasteiger partial charge is 0.147 e. The molecule has 0 fully saturated rings. The third-order valence-electron chi connectivity index (χ3n) is 1.62. The summed E-state index contributed by atoms with van der Waals surface area (Å²) in [7, 11) is 0. The van der Waals surface area contributed by atoms with E-state index in [2.05, 4.69) is 15.9 Å². The molecule has 0 atom stereocenters. The maximum absolute atomic E-state index is 10.4. The van der Waals surface area contributed by atoms with E-state index in [0.717, 1.165) is 16.3 Å². The minimum atomic E-state index is 0.502. The summed E-state index contributed by atoms with van der Waals surface area (Å²) in [6, 6.07) is 7.49. The van der Waals surface area contributed by atoms with Gasteiger partial charge in [-0.25, -0.2) is 0 Å². The summed E-state index contributed by atoms with van der Waals surface area (Å²) in [5.74, 6) is 0. The van der Waals surface area contributed by atoms with Crippen LogP contribution in [0.2, 0.25) is 0 Å². The van der Waals surface area contributed by atoms with Gasteiger partial charge in [0.25, 0.3) is 0 Å². The number of halogens is 2. The van der Waals surface area contributed by atoms with Gasteiger partial charge in [0.1, 0.15) is 6.29 Å². The van der Waals surface area contributed by atoms with Gasteiger partial charge < -0.3 is 0 Å². The lowest BCUT2D eigenvalue weighted by Gasteiger charge is -2.00. The van der Waals surface area contributed by atoms with Gasteiger partial charge in [-0.3, -0.25) is 4.79 Å². The van der Waals surface area contributed by atoms with Crippen molar-refractivity contribution in [2.45, 2.75) is 6.92 Å². The molecule has 0 N–H and O–H groups in total. The number of hydrogen-bond acceptors (Lipinski definition) is 1. The second-order valence-corrected chi connectivity index (χ2v) is 3.92. The van der Waals surface area contributed by atoms with E-state index in [4.69, 9.17) is 11.6 Å². The molecule has 0 amide bonds. The van der Waals surface area contributed by atoms with Gasteiger partial charge in [-0.15, -0.1) is 0 Å². The lowest BCUT2D eigenvalue weighted by Crippen LogP contribution is -1.83. The fourth-order valence-corrected chi connectivity index (χ4v) is 1.31. The molecule has 68 valence electrons. The van der Waals surface area contributed by atoms with Gasteiger partial charge >= 0.3 is 0 Å². The zero-order chi connectivity index (χ0) is 9.84. The number of benzene rings is 1. The third kappa shape index (κ3) is 2.68. The van der Waals surface area contributed by atoms with Gasteiger partial charge in [-0.2, -0.15) is 0 Å². The molecule has 0 aliphatic rings. The molecule has 0 unspecified atom stereocenters. The van der Waals surface area contributed by atoms with Crippen molar-refractivity contribution in [1.82, 2.24) is 0 Å². The number of carbonyl (C=O) groups excluding carboxylic acids is 1. The summed E-state index contributed by atoms with van der Waals surface area (Å²) in [6.07, 6.45) is 0.754. The van der Waals surface area contributed by atoms with Crippen molar-refractivity contribution >= 4 is 38.8 Å². The van der Waals surface area contributed by atoms with Crippen LogP contribution in [0.25, 0.3) is 5.03 Å². The molecule has 13 heavy (non-hydrogen) atoms. The highest BCUT2D eigenvalue weighted by atomic mass is 79.9. The van der Waals surface area contributed by atoms with Crippen LogP contribution in [0.1, 0.15) is 12.5 Å². The molecule has 1 nitrogen and oxygen atoms in total. The molecule has 0 aliphatic carbocycles. The highest BCUT2D eigenvalue weighted by Crippen LogP contribution is 2.23. The first-order valence-corrected chi connectivity index (χ1v) is 4.89. The highest BCUT2D eigenvalue weighted by Gasteiger charge is 2.01. The molecule has 1 aromatic carbocycles. The Morgan fingerprint density at radius 2 is 1.92 bits per heavy atom. The summed E-state index contributed by atoms with van der Waals surface area (Å²) in [6.45, 7) is 1.69. The Kier molecular flexibility index (Phi) is 3.70. The molecule has 0 spiro atoms. The van der Waals surface area contributed by atoms with Crippen molar-refractivity contribution in [1.29, 1.82) is 0 Å². The summed E-state index contributed by atoms with van der Waals surface area (Å²) in [4.78, 5) is 10.4. The first-order valence-electron chi connectivity index (χ1n) is 3.72. The van der Waals surface area contributed by atoms with Crippen molar-refractivity contribution in [3.63, 3.8) is 0 Å². The van der Waals surface area contributed by atoms with E-state index in [1.165, 1.54) is 0 Å². The molecule has 1 aromatic rings. The number of carbonyl (C=O) groups is 1. The quantitative estimate of drug-likeness (QED) is 0.586. The van der Waals surface area contributed by atoms with Crippen LogP contribution in [0.15, 0.2) is 34.3 Å². The van der Waals surface area contributed by atoms with Crippen molar-refractivity contribution < 1.29 is 4.79 Å². The standard InChI is InChI=1S/C10H8BrClO/c1-7(6-13)10(12)8-2-4-9(11)5-3-8/h2-6H,1H3/b10-7+. The van der Waals surface area contributed by atoms with E-state index < -0.39 is 0 Å². The fourth-order valence-electron chi connectivity index (χ4n) is 0.876. The van der Waals surface area contributed by atoms with Gasteiger partial charge in [-0.05, 0) is 24.6 Å². The number of aldehydes is 1. The average Bonchev–Trinajstić information content (AvgIpc) is 2.17. The predicted octanol–water partition coefficient (Wildman–Crippen LogP) is 3.62. The second kappa shape index (κ2) is 4.58. The van der Waals surface area contributed by atoms with E-state index in [1.807, 2.05) is 24.3 Å². The molecule has 0 saturated carbocycles. The lowest BCUT2D eigenvalue weighted by molar-refractivity contribution is -0.104. The maximum Gasteiger partial charge on any atom is 0.147 e. The van der Waals surface area contributed by atoms with Gasteiger partial charge in [0, 0.05) is 10.0 Å². The largest absolute Gasteiger partial charge is 0.298 e. The Labute approximate surface area is 90.5 Å². The number of hydrogen-bond donors (Lipinski definition) is 0. The Hall–Kier alpha value is -0.600. The average molecular weight is 260 g/mol. The Balaban J connectivity index is 3.09. The van der Waals surface area contributed by atoms with Crippen LogP contribution in [-0.4, -0.2) is 6.29 Å². The van der Waals surface area contributed by atoms with E-state index in [1.54, 1.807) is 6.92 Å². The molecule has 0 heterocycles. The van der Waals surface area contributed by atoms with Crippen LogP contribution in [-0.2, 0) is 4.79 Å². The normalized spacial score (nSPS) is 12.2. The van der Waals surface area contributed by atoms with E-state index in [0.29, 0.717) is 10.6 Å². The molecule has 0 saturated heterocycles. The van der Waals surface area contributed by atoms with Crippen LogP contribution < -0.4 is 0 Å². The van der Waals surface area contributed by atoms with Crippen LogP contribution in [0, 0.1) is 0 Å². The molecule has 3 heteroatoms. The monoisotopic (exact) mass is 258 g/mol. The summed E-state index contributed by atoms with van der Waals surface area (Å²) < 4.78 is 0.990. The van der Waals surface area contributed by atoms with Crippen LogP contribution in [0.3, 0.4) is 0 Å². The van der Waals surface area contributed by atoms with Gasteiger partial charge in [-0.1, -0.05) is 39.7 Å². The summed E-state index contributed by atoms with van der Waals surface area (Å²) >= 11 is 9.26. The number of allylic oxidation sites excluding steroid dienone is 1. The highest BCUT2D eigenvalue weighted by molar-refractivity contribution is 9.10. The maximum atomic E-state index is 10.4. The minimum Gasteiger partial charge on any atom is -0.298 e. The van der Waals surface area contributed by atoms with Crippen LogP contribution in [0.4, 0.5) is 0 Å². The molecule has 0 radical (unpaired) electrons. The summed E-state index contributed by atoms with van der Waals surface area (Å²) in [5, 5.41) is 0.502. The third-order valence-corrected chi connectivity index (χ3v) is 2.67. The van der Waals surface area contributed by atoms with Crippen molar-refractivity contribution in [2.24, 2.45) is 0 Å². The van der Waals surface area contributed by atoms with Crippen LogP contribution >= 0.6 is 27.5 Å². The van der Waals surface area contributed by atoms with Gasteiger partial charge in [0.2, 0.25) is 0 Å². The zero-order valence-corrected chi connectivity index (χ0v) is 9.39. The molecule has 0 bridgehead atoms. The number of rotatable bonds is 2. The second-order valence-electron chi connectivity index (χ2n) is 2.62. The predicted molar refractivity (Wildman–Crippen MR) is 58.7 cm³/mol. The topological polar surface area (TPSA) is 17.1 Å². The Morgan fingerprint density at radius 3 is 2.38 bits per heavy atom. The van der Waals surface area contributed by atoms with E-state index in [9.17, 15) is 4.79 Å². The first-order chi connectivity index (χ1) is 6.15. The minimum absolute atomic E-state index is 0.502. The van der Waals surface area contributed by atoms with Gasteiger partial charge in [0.05, 0.1) is 5.03 Å². The van der Waals surface area contributed by atoms with E-state index >= 15 is 0 Å². The molecule has 0 aliphatic heterocycles. The van der Waals surface area contributed by atoms with Crippen molar-refractivity contribution in [3.05, 3.63) is 39.9 Å². The van der Waals surface area contributed by atoms with Crippen molar-refractivity contribution in [2.75, 3.05) is 0 Å². The first kappa shape index (κ1) is 10.5. The van der Waals surface area contributed by atoms with E-state index in [-0.39, 0.29) is 0 Å². The molecular formula is C10H8BrClO. The SMILES string of the molecule is C/C(C=O)=C(\Cl)c1ccc(Br)cc1. The Morgan fingerprint density at radius 1 is 1.38 bits per heavy atom.